The van der Waals surface area contributed by atoms with Crippen LogP contribution in [0.4, 0.5) is 0 Å². The van der Waals surface area contributed by atoms with E-state index in [1.165, 1.54) is 16.7 Å². The summed E-state index contributed by atoms with van der Waals surface area (Å²) in [4.78, 5) is 4.15. The highest BCUT2D eigenvalue weighted by molar-refractivity contribution is 5.33. The van der Waals surface area contributed by atoms with Gasteiger partial charge in [-0.15, -0.1) is 0 Å². The molecular weight excluding hydrogens is 236 g/mol. The van der Waals surface area contributed by atoms with Crippen molar-refractivity contribution in [3.8, 4) is 5.75 Å². The highest BCUT2D eigenvalue weighted by Gasteiger charge is 2.10. The normalized spacial score (nSPS) is 12.2. The second-order valence-electron chi connectivity index (χ2n) is 4.90. The number of benzene rings is 1. The summed E-state index contributed by atoms with van der Waals surface area (Å²) in [6.07, 6.45) is 4.30. The van der Waals surface area contributed by atoms with Crippen LogP contribution in [-0.2, 0) is 6.42 Å². The van der Waals surface area contributed by atoms with Gasteiger partial charge in [-0.3, -0.25) is 4.98 Å². The molecule has 0 aliphatic carbocycles. The molecule has 3 heteroatoms. The molecule has 0 amide bonds. The Balaban J connectivity index is 2.20. The van der Waals surface area contributed by atoms with Crippen molar-refractivity contribution in [2.24, 2.45) is 5.73 Å². The Bertz CT molecular complexity index is 566. The first-order valence-corrected chi connectivity index (χ1v) is 6.41. The predicted molar refractivity (Wildman–Crippen MR) is 77.3 cm³/mol. The number of rotatable bonds is 4. The molecule has 0 bridgehead atoms. The fourth-order valence-corrected chi connectivity index (χ4v) is 2.12. The number of pyridine rings is 1. The standard InChI is InChI=1S/C16H20N2O/c1-11-4-5-12(2)13(6-11)8-16(17)14-7-15(19-3)10-18-9-14/h4-7,9-10,16H,8,17H2,1-3H3. The van der Waals surface area contributed by atoms with Crippen molar-refractivity contribution in [1.29, 1.82) is 0 Å². The molecule has 0 aliphatic rings. The van der Waals surface area contributed by atoms with Crippen LogP contribution < -0.4 is 10.5 Å². The largest absolute Gasteiger partial charge is 0.495 e. The van der Waals surface area contributed by atoms with Crippen LogP contribution in [0.15, 0.2) is 36.7 Å². The van der Waals surface area contributed by atoms with Gasteiger partial charge >= 0.3 is 0 Å². The van der Waals surface area contributed by atoms with Crippen molar-refractivity contribution in [1.82, 2.24) is 4.98 Å². The molecule has 0 spiro atoms. The van der Waals surface area contributed by atoms with Crippen LogP contribution in [0.25, 0.3) is 0 Å². The molecule has 0 saturated heterocycles. The third-order valence-corrected chi connectivity index (χ3v) is 3.34. The Morgan fingerprint density at radius 1 is 1.21 bits per heavy atom. The van der Waals surface area contributed by atoms with Crippen molar-refractivity contribution >= 4 is 0 Å². The maximum absolute atomic E-state index is 6.27. The predicted octanol–water partition coefficient (Wildman–Crippen LogP) is 2.95. The van der Waals surface area contributed by atoms with E-state index in [-0.39, 0.29) is 6.04 Å². The van der Waals surface area contributed by atoms with Gasteiger partial charge in [-0.25, -0.2) is 0 Å². The highest BCUT2D eigenvalue weighted by Crippen LogP contribution is 2.21. The van der Waals surface area contributed by atoms with Gasteiger partial charge in [-0.1, -0.05) is 23.8 Å². The van der Waals surface area contributed by atoms with Crippen molar-refractivity contribution < 1.29 is 4.74 Å². The molecule has 0 radical (unpaired) electrons. The van der Waals surface area contributed by atoms with Crippen LogP contribution in [0, 0.1) is 13.8 Å². The lowest BCUT2D eigenvalue weighted by Crippen LogP contribution is -2.14. The third kappa shape index (κ3) is 3.32. The van der Waals surface area contributed by atoms with E-state index >= 15 is 0 Å². The first-order valence-electron chi connectivity index (χ1n) is 6.41. The first kappa shape index (κ1) is 13.6. The minimum Gasteiger partial charge on any atom is -0.495 e. The van der Waals surface area contributed by atoms with Crippen LogP contribution in [-0.4, -0.2) is 12.1 Å². The van der Waals surface area contributed by atoms with Crippen molar-refractivity contribution in [2.45, 2.75) is 26.3 Å². The maximum Gasteiger partial charge on any atom is 0.137 e. The lowest BCUT2D eigenvalue weighted by molar-refractivity contribution is 0.411. The van der Waals surface area contributed by atoms with E-state index < -0.39 is 0 Å². The van der Waals surface area contributed by atoms with Gasteiger partial charge in [-0.05, 0) is 43.0 Å². The lowest BCUT2D eigenvalue weighted by Gasteiger charge is -2.15. The molecule has 1 heterocycles. The smallest absolute Gasteiger partial charge is 0.137 e. The van der Waals surface area contributed by atoms with Crippen LogP contribution in [0.1, 0.15) is 28.3 Å². The third-order valence-electron chi connectivity index (χ3n) is 3.34. The van der Waals surface area contributed by atoms with E-state index in [2.05, 4.69) is 37.0 Å². The molecule has 3 nitrogen and oxygen atoms in total. The SMILES string of the molecule is COc1cncc(C(N)Cc2cc(C)ccc2C)c1. The molecule has 0 saturated carbocycles. The lowest BCUT2D eigenvalue weighted by atomic mass is 9.96. The van der Waals surface area contributed by atoms with Crippen molar-refractivity contribution in [3.05, 3.63) is 58.9 Å². The number of hydrogen-bond acceptors (Lipinski definition) is 3. The summed E-state index contributed by atoms with van der Waals surface area (Å²) in [6, 6.07) is 8.34. The summed E-state index contributed by atoms with van der Waals surface area (Å²) in [7, 11) is 1.64. The topological polar surface area (TPSA) is 48.1 Å². The van der Waals surface area contributed by atoms with Gasteiger partial charge in [0, 0.05) is 12.2 Å². The average molecular weight is 256 g/mol. The average Bonchev–Trinajstić information content (AvgIpc) is 2.43. The molecule has 0 fully saturated rings. The molecule has 1 aromatic heterocycles. The van der Waals surface area contributed by atoms with Crippen molar-refractivity contribution in [2.75, 3.05) is 7.11 Å². The van der Waals surface area contributed by atoms with Crippen LogP contribution in [0.2, 0.25) is 0 Å². The number of aromatic nitrogens is 1. The molecule has 1 aromatic carbocycles. The Morgan fingerprint density at radius 2 is 2.00 bits per heavy atom. The van der Waals surface area contributed by atoms with E-state index in [0.29, 0.717) is 0 Å². The van der Waals surface area contributed by atoms with Crippen molar-refractivity contribution in [3.63, 3.8) is 0 Å². The summed E-state index contributed by atoms with van der Waals surface area (Å²) in [6.45, 7) is 4.22. The number of ether oxygens (including phenoxy) is 1. The summed E-state index contributed by atoms with van der Waals surface area (Å²) >= 11 is 0. The van der Waals surface area contributed by atoms with Gasteiger partial charge in [0.25, 0.3) is 0 Å². The minimum absolute atomic E-state index is 0.0666. The second kappa shape index (κ2) is 5.85. The number of nitrogens with two attached hydrogens (primary N) is 1. The van der Waals surface area contributed by atoms with Gasteiger partial charge in [-0.2, -0.15) is 0 Å². The molecule has 100 valence electrons. The quantitative estimate of drug-likeness (QED) is 0.915. The Hall–Kier alpha value is -1.87. The first-order chi connectivity index (χ1) is 9.10. The summed E-state index contributed by atoms with van der Waals surface area (Å²) < 4.78 is 5.18. The molecular formula is C16H20N2O. The van der Waals surface area contributed by atoms with Gasteiger partial charge < -0.3 is 10.5 Å². The fourth-order valence-electron chi connectivity index (χ4n) is 2.12. The summed E-state index contributed by atoms with van der Waals surface area (Å²) in [5.74, 6) is 0.744. The summed E-state index contributed by atoms with van der Waals surface area (Å²) in [5, 5.41) is 0. The van der Waals surface area contributed by atoms with Crippen LogP contribution in [0.5, 0.6) is 5.75 Å². The molecule has 1 atom stereocenters. The van der Waals surface area contributed by atoms with Gasteiger partial charge in [0.1, 0.15) is 5.75 Å². The molecule has 2 N–H and O–H groups in total. The zero-order valence-electron chi connectivity index (χ0n) is 11.7. The zero-order valence-corrected chi connectivity index (χ0v) is 11.7. The fraction of sp³-hybridized carbons (Fsp3) is 0.312. The maximum atomic E-state index is 6.27. The van der Waals surface area contributed by atoms with E-state index in [1.807, 2.05) is 6.07 Å². The summed E-state index contributed by atoms with van der Waals surface area (Å²) in [5.41, 5.74) is 11.1. The van der Waals surface area contributed by atoms with Crippen LogP contribution >= 0.6 is 0 Å². The van der Waals surface area contributed by atoms with Gasteiger partial charge in [0.05, 0.1) is 13.3 Å². The number of hydrogen-bond donors (Lipinski definition) is 1. The van der Waals surface area contributed by atoms with Gasteiger partial charge in [0.2, 0.25) is 0 Å². The number of aryl methyl sites for hydroxylation is 2. The zero-order chi connectivity index (χ0) is 13.8. The van der Waals surface area contributed by atoms with E-state index in [1.54, 1.807) is 19.5 Å². The Morgan fingerprint density at radius 3 is 2.74 bits per heavy atom. The minimum atomic E-state index is -0.0666. The number of nitrogens with zero attached hydrogens (tertiary/aromatic N) is 1. The monoisotopic (exact) mass is 256 g/mol. The Kier molecular flexibility index (Phi) is 4.17. The van der Waals surface area contributed by atoms with Crippen LogP contribution in [0.3, 0.4) is 0 Å². The molecule has 19 heavy (non-hydrogen) atoms. The molecule has 0 aliphatic heterocycles. The highest BCUT2D eigenvalue weighted by atomic mass is 16.5. The van der Waals surface area contributed by atoms with E-state index in [4.69, 9.17) is 10.5 Å². The molecule has 2 rings (SSSR count). The van der Waals surface area contributed by atoms with Gasteiger partial charge in [0.15, 0.2) is 0 Å². The molecule has 2 aromatic rings. The second-order valence-corrected chi connectivity index (χ2v) is 4.90. The van der Waals surface area contributed by atoms with E-state index in [9.17, 15) is 0 Å². The number of methoxy groups -OCH3 is 1. The van der Waals surface area contributed by atoms with E-state index in [0.717, 1.165) is 17.7 Å². The Labute approximate surface area is 114 Å². The molecule has 1 unspecified atom stereocenters.